The molecule has 0 amide bonds. The van der Waals surface area contributed by atoms with E-state index in [4.69, 9.17) is 0 Å². The van der Waals surface area contributed by atoms with Crippen LogP contribution in [-0.2, 0) is 11.8 Å². The van der Waals surface area contributed by atoms with E-state index in [0.717, 1.165) is 68.8 Å². The van der Waals surface area contributed by atoms with Crippen molar-refractivity contribution >= 4 is 11.6 Å². The molecule has 88 heavy (non-hydrogen) atoms. The van der Waals surface area contributed by atoms with E-state index in [2.05, 4.69) is 162 Å². The molecule has 0 aliphatic rings. The minimum Gasteiger partial charge on any atom is -0.382 e. The van der Waals surface area contributed by atoms with Crippen LogP contribution in [0, 0.1) is 27.7 Å². The largest absolute Gasteiger partial charge is 0.382 e. The summed E-state index contributed by atoms with van der Waals surface area (Å²) in [6.45, 7) is 17.0. The predicted molar refractivity (Wildman–Crippen MR) is 364 cm³/mol. The van der Waals surface area contributed by atoms with E-state index in [1.54, 1.807) is 0 Å². The lowest BCUT2D eigenvalue weighted by molar-refractivity contribution is 0.102. The van der Waals surface area contributed by atoms with Gasteiger partial charge in [0.2, 0.25) is 11.6 Å². The summed E-state index contributed by atoms with van der Waals surface area (Å²) in [6, 6.07) is 77.5. The second-order valence-corrected chi connectivity index (χ2v) is 23.2. The first kappa shape index (κ1) is 65.8. The fourth-order valence-corrected chi connectivity index (χ4v) is 11.0. The third-order valence-corrected chi connectivity index (χ3v) is 15.8. The van der Waals surface area contributed by atoms with Gasteiger partial charge in [0.15, 0.2) is 0 Å². The molecule has 7 N–H and O–H groups in total. The van der Waals surface area contributed by atoms with Crippen molar-refractivity contribution in [1.29, 1.82) is 0 Å². The van der Waals surface area contributed by atoms with E-state index in [0.29, 0.717) is 22.5 Å². The average Bonchev–Trinajstić information content (AvgIpc) is 3.99. The van der Waals surface area contributed by atoms with E-state index in [1.807, 2.05) is 160 Å². The molecule has 0 bridgehead atoms. The summed E-state index contributed by atoms with van der Waals surface area (Å²) in [7, 11) is 0. The Kier molecular flexibility index (Phi) is 22.1. The van der Waals surface area contributed by atoms with Crippen LogP contribution in [0.4, 0.5) is 0 Å². The number of hydrogen-bond acceptors (Lipinski definition) is 3. The van der Waals surface area contributed by atoms with Crippen LogP contribution in [0.5, 0.6) is 0 Å². The van der Waals surface area contributed by atoms with Gasteiger partial charge in [-0.15, -0.1) is 0 Å². The Balaban J connectivity index is 0.000000186. The number of aliphatic hydroxyl groups excluding tert-OH is 1. The number of aromatic nitrogens is 6. The maximum atomic E-state index is 13.0. The van der Waals surface area contributed by atoms with Crippen molar-refractivity contribution in [3.05, 3.63) is 355 Å². The van der Waals surface area contributed by atoms with Crippen LogP contribution in [-0.4, -0.2) is 46.6 Å². The summed E-state index contributed by atoms with van der Waals surface area (Å²) in [5, 5.41) is 10.8. The van der Waals surface area contributed by atoms with Crippen molar-refractivity contribution in [3.8, 4) is 0 Å². The molecule has 0 radical (unpaired) electrons. The van der Waals surface area contributed by atoms with Gasteiger partial charge < -0.3 is 35.0 Å². The summed E-state index contributed by atoms with van der Waals surface area (Å²) in [6.07, 6.45) is 2.24. The topological polar surface area (TPSA) is 149 Å². The average molecular weight is 1170 g/mol. The number of hydrogen-bond donors (Lipinski definition) is 7. The Bertz CT molecular complexity index is 4060. The molecule has 0 saturated heterocycles. The third-order valence-electron chi connectivity index (χ3n) is 15.8. The molecule has 6 aromatic carbocycles. The molecule has 0 fully saturated rings. The van der Waals surface area contributed by atoms with Gasteiger partial charge in [-0.1, -0.05) is 219 Å². The summed E-state index contributed by atoms with van der Waals surface area (Å²) in [5.74, 6) is 0.129. The summed E-state index contributed by atoms with van der Waals surface area (Å²) in [4.78, 5) is 46.3. The highest BCUT2D eigenvalue weighted by Crippen LogP contribution is 2.36. The van der Waals surface area contributed by atoms with Crippen LogP contribution in [0.25, 0.3) is 0 Å². The van der Waals surface area contributed by atoms with Crippen molar-refractivity contribution in [3.63, 3.8) is 0 Å². The van der Waals surface area contributed by atoms with Crippen LogP contribution in [0.3, 0.4) is 0 Å². The Labute approximate surface area is 521 Å². The molecule has 9 nitrogen and oxygen atoms in total. The Morgan fingerprint density at radius 3 is 1.20 bits per heavy atom. The zero-order chi connectivity index (χ0) is 59.6. The highest BCUT2D eigenvalue weighted by Gasteiger charge is 2.25. The van der Waals surface area contributed by atoms with Gasteiger partial charge in [-0.25, -0.2) is 0 Å². The molecule has 452 valence electrons. The highest BCUT2D eigenvalue weighted by atomic mass is 16.3. The number of aryl methyl sites for hydroxylation is 5. The maximum absolute atomic E-state index is 13.0. The Morgan fingerprint density at radius 2 is 0.773 bits per heavy atom. The van der Waals surface area contributed by atoms with Crippen LogP contribution < -0.4 is 0 Å². The second-order valence-electron chi connectivity index (χ2n) is 23.2. The zero-order valence-electron chi connectivity index (χ0n) is 49.8. The van der Waals surface area contributed by atoms with E-state index >= 15 is 0 Å². The van der Waals surface area contributed by atoms with Crippen LogP contribution >= 0.6 is 0 Å². The van der Waals surface area contributed by atoms with Gasteiger partial charge in [-0.3, -0.25) is 9.59 Å². The monoisotopic (exact) mass is 1170 g/mol. The standard InChI is InChI=1S/C28H30N2O.C24H24N2O.C24H22N2O.3CH4/c1-5-19-8-10-21(11-9-19)27(31)25-17-16-24(30-25)26(23-7-6-18-29-23)20-12-14-22(15-13-20)28(2,3)4;2*1-16-8-11-19(12-9-16)24(27)22-15-14-21(26-22)23(18-6-4-3-5-7-18)20-13-10-17(2)25-20;;;/h6-18,26,29-30H,5H2,1-4H3;3-15,23-27H,1-2H3;3-15,23,25-26H,1-2H3;3*1H4. The number of carbonyl (C=O) groups excluding carboxylic acids is 2. The molecular formula is C79H88N6O3. The Hall–Kier alpha value is -9.70. The number of aliphatic hydroxyl groups is 1. The number of ketones is 2. The molecule has 4 atom stereocenters. The first-order valence-corrected chi connectivity index (χ1v) is 29.3. The predicted octanol–water partition coefficient (Wildman–Crippen LogP) is 19.1. The van der Waals surface area contributed by atoms with Crippen molar-refractivity contribution < 1.29 is 14.7 Å². The van der Waals surface area contributed by atoms with Crippen LogP contribution in [0.15, 0.2) is 237 Å². The molecular weight excluding hydrogens is 1080 g/mol. The first-order valence-electron chi connectivity index (χ1n) is 29.3. The number of H-pyrrole nitrogens is 6. The normalized spacial score (nSPS) is 12.3. The molecule has 12 rings (SSSR count). The van der Waals surface area contributed by atoms with Gasteiger partial charge in [0.25, 0.3) is 0 Å². The molecule has 4 unspecified atom stereocenters. The van der Waals surface area contributed by atoms with Crippen LogP contribution in [0.2, 0.25) is 0 Å². The van der Waals surface area contributed by atoms with Gasteiger partial charge >= 0.3 is 0 Å². The first-order chi connectivity index (χ1) is 41.1. The van der Waals surface area contributed by atoms with E-state index < -0.39 is 6.10 Å². The molecule has 0 aliphatic carbocycles. The van der Waals surface area contributed by atoms with Gasteiger partial charge in [-0.2, -0.15) is 0 Å². The second kappa shape index (κ2) is 29.6. The van der Waals surface area contributed by atoms with Gasteiger partial charge in [0, 0.05) is 68.6 Å². The molecule has 6 aromatic heterocycles. The summed E-state index contributed by atoms with van der Waals surface area (Å²) in [5.41, 5.74) is 21.5. The van der Waals surface area contributed by atoms with Crippen molar-refractivity contribution in [2.75, 3.05) is 0 Å². The van der Waals surface area contributed by atoms with Crippen molar-refractivity contribution in [1.82, 2.24) is 29.9 Å². The zero-order valence-corrected chi connectivity index (χ0v) is 49.8. The number of nitrogens with one attached hydrogen (secondary N) is 6. The van der Waals surface area contributed by atoms with Crippen molar-refractivity contribution in [2.24, 2.45) is 0 Å². The highest BCUT2D eigenvalue weighted by molar-refractivity contribution is 6.08. The molecule has 12 aromatic rings. The lowest BCUT2D eigenvalue weighted by atomic mass is 9.84. The SMILES string of the molecule is C.C.C.CCc1ccc(C(=O)c2ccc(C(c3ccc(C(C)(C)C)cc3)c3ccc[nH]3)[nH]2)cc1.Cc1ccc(C(=O)c2ccc(C(c3ccccc3)c3ccc(C)[nH]3)[nH]2)cc1.Cc1ccc(C(O)c2ccc(C(c3ccccc3)c3ccc(C)[nH]3)[nH]2)cc1. The quantitative estimate of drug-likeness (QED) is 0.0483. The summed E-state index contributed by atoms with van der Waals surface area (Å²) < 4.78 is 0. The number of aromatic amines is 6. The fourth-order valence-electron chi connectivity index (χ4n) is 11.0. The van der Waals surface area contributed by atoms with Gasteiger partial charge in [0.05, 0.1) is 29.1 Å². The number of benzene rings is 6. The number of rotatable bonds is 16. The van der Waals surface area contributed by atoms with Gasteiger partial charge in [-0.05, 0) is 146 Å². The van der Waals surface area contributed by atoms with Crippen molar-refractivity contribution in [2.45, 2.75) is 113 Å². The Morgan fingerprint density at radius 1 is 0.386 bits per heavy atom. The lowest BCUT2D eigenvalue weighted by Gasteiger charge is -2.21. The smallest absolute Gasteiger partial charge is 0.209 e. The third kappa shape index (κ3) is 15.6. The minimum atomic E-state index is -0.666. The number of carbonyl (C=O) groups is 2. The maximum Gasteiger partial charge on any atom is 0.209 e. The fraction of sp³-hybridized carbons (Fsp3) is 0.215. The minimum absolute atomic E-state index is 0. The summed E-state index contributed by atoms with van der Waals surface area (Å²) >= 11 is 0. The molecule has 0 saturated carbocycles. The van der Waals surface area contributed by atoms with E-state index in [-0.39, 0.29) is 57.0 Å². The van der Waals surface area contributed by atoms with E-state index in [9.17, 15) is 14.7 Å². The molecule has 0 spiro atoms. The van der Waals surface area contributed by atoms with Gasteiger partial charge in [0.1, 0.15) is 6.10 Å². The molecule has 6 heterocycles. The molecule has 9 heteroatoms. The lowest BCUT2D eigenvalue weighted by Crippen LogP contribution is -2.12. The molecule has 0 aliphatic heterocycles. The van der Waals surface area contributed by atoms with E-state index in [1.165, 1.54) is 33.4 Å². The van der Waals surface area contributed by atoms with Crippen LogP contribution in [0.1, 0.15) is 202 Å².